The maximum Gasteiger partial charge on any atom is 0.220 e. The number of carbonyl (C=O) groups is 1. The minimum Gasteiger partial charge on any atom is -0.496 e. The number of benzene rings is 1. The van der Waals surface area contributed by atoms with Crippen molar-refractivity contribution in [2.75, 3.05) is 13.7 Å². The molecule has 1 unspecified atom stereocenters. The zero-order valence-electron chi connectivity index (χ0n) is 8.72. The topological polar surface area (TPSA) is 38.3 Å². The number of nitrogens with one attached hydrogen (secondary N) is 1. The molecule has 0 spiro atoms. The fourth-order valence-corrected chi connectivity index (χ4v) is 1.94. The summed E-state index contributed by atoms with van der Waals surface area (Å²) in [5.74, 6) is -1.62. The molecular weight excluding hydrogens is 216 g/mol. The molecule has 5 heteroatoms. The van der Waals surface area contributed by atoms with E-state index in [1.807, 2.05) is 0 Å². The van der Waals surface area contributed by atoms with Crippen LogP contribution < -0.4 is 10.1 Å². The van der Waals surface area contributed by atoms with Crippen molar-refractivity contribution in [3.8, 4) is 5.75 Å². The molecule has 1 aliphatic rings. The summed E-state index contributed by atoms with van der Waals surface area (Å²) >= 11 is 0. The van der Waals surface area contributed by atoms with Crippen LogP contribution >= 0.6 is 0 Å². The van der Waals surface area contributed by atoms with Gasteiger partial charge >= 0.3 is 0 Å². The van der Waals surface area contributed by atoms with E-state index in [0.29, 0.717) is 6.54 Å². The average molecular weight is 227 g/mol. The number of amides is 1. The first-order valence-corrected chi connectivity index (χ1v) is 4.91. The van der Waals surface area contributed by atoms with Crippen molar-refractivity contribution >= 4 is 5.91 Å². The van der Waals surface area contributed by atoms with E-state index in [1.54, 1.807) is 0 Å². The number of carbonyl (C=O) groups excluding carboxylic acids is 1. The minimum absolute atomic E-state index is 0.129. The van der Waals surface area contributed by atoms with Crippen LogP contribution in [0.4, 0.5) is 8.78 Å². The van der Waals surface area contributed by atoms with Gasteiger partial charge in [0.1, 0.15) is 17.4 Å². The third-order valence-corrected chi connectivity index (χ3v) is 2.66. The predicted octanol–water partition coefficient (Wildman–Crippen LogP) is 1.58. The van der Waals surface area contributed by atoms with Gasteiger partial charge < -0.3 is 10.1 Å². The molecule has 0 radical (unpaired) electrons. The molecule has 2 rings (SSSR count). The molecule has 16 heavy (non-hydrogen) atoms. The molecule has 0 saturated carbocycles. The van der Waals surface area contributed by atoms with Gasteiger partial charge in [0.2, 0.25) is 5.91 Å². The summed E-state index contributed by atoms with van der Waals surface area (Å²) in [6.45, 7) is 0.359. The molecule has 1 atom stereocenters. The van der Waals surface area contributed by atoms with Crippen LogP contribution in [0.2, 0.25) is 0 Å². The number of rotatable bonds is 2. The lowest BCUT2D eigenvalue weighted by atomic mass is 9.96. The summed E-state index contributed by atoms with van der Waals surface area (Å²) in [4.78, 5) is 11.1. The lowest BCUT2D eigenvalue weighted by Gasteiger charge is -2.14. The van der Waals surface area contributed by atoms with Crippen molar-refractivity contribution in [2.24, 2.45) is 0 Å². The molecule has 1 saturated heterocycles. The van der Waals surface area contributed by atoms with Crippen LogP contribution in [0.3, 0.4) is 0 Å². The quantitative estimate of drug-likeness (QED) is 0.833. The van der Waals surface area contributed by atoms with Gasteiger partial charge in [0.05, 0.1) is 7.11 Å². The number of methoxy groups -OCH3 is 1. The van der Waals surface area contributed by atoms with Crippen LogP contribution in [-0.4, -0.2) is 19.6 Å². The van der Waals surface area contributed by atoms with E-state index in [-0.39, 0.29) is 29.6 Å². The standard InChI is InChI=1S/C11H11F2NO2/c1-16-9-4-7(12)3-8(13)11(9)6-2-10(15)14-5-6/h3-4,6H,2,5H2,1H3,(H,14,15). The van der Waals surface area contributed by atoms with Gasteiger partial charge in [0, 0.05) is 36.6 Å². The molecule has 0 bridgehead atoms. The third kappa shape index (κ3) is 1.85. The van der Waals surface area contributed by atoms with Gasteiger partial charge in [0.15, 0.2) is 0 Å². The summed E-state index contributed by atoms with van der Waals surface area (Å²) < 4.78 is 31.5. The summed E-state index contributed by atoms with van der Waals surface area (Å²) in [5, 5.41) is 2.61. The SMILES string of the molecule is COc1cc(F)cc(F)c1C1CNC(=O)C1. The molecule has 86 valence electrons. The van der Waals surface area contributed by atoms with Crippen LogP contribution in [0.25, 0.3) is 0 Å². The lowest BCUT2D eigenvalue weighted by Crippen LogP contribution is -2.14. The highest BCUT2D eigenvalue weighted by Gasteiger charge is 2.28. The Morgan fingerprint density at radius 2 is 2.19 bits per heavy atom. The van der Waals surface area contributed by atoms with Crippen molar-refractivity contribution in [1.82, 2.24) is 5.32 Å². The highest BCUT2D eigenvalue weighted by atomic mass is 19.1. The molecule has 1 aromatic rings. The monoisotopic (exact) mass is 227 g/mol. The van der Waals surface area contributed by atoms with Crippen LogP contribution in [0.15, 0.2) is 12.1 Å². The second-order valence-electron chi connectivity index (χ2n) is 3.71. The Hall–Kier alpha value is -1.65. The highest BCUT2D eigenvalue weighted by Crippen LogP contribution is 2.33. The Labute approximate surface area is 91.4 Å². The van der Waals surface area contributed by atoms with E-state index < -0.39 is 11.6 Å². The van der Waals surface area contributed by atoms with E-state index in [2.05, 4.69) is 5.32 Å². The number of hydrogen-bond donors (Lipinski definition) is 1. The molecule has 1 fully saturated rings. The van der Waals surface area contributed by atoms with Gasteiger partial charge in [-0.3, -0.25) is 4.79 Å². The summed E-state index contributed by atoms with van der Waals surface area (Å²) in [7, 11) is 1.35. The van der Waals surface area contributed by atoms with Gasteiger partial charge in [0.25, 0.3) is 0 Å². The van der Waals surface area contributed by atoms with E-state index in [9.17, 15) is 13.6 Å². The van der Waals surface area contributed by atoms with Crippen LogP contribution in [0.1, 0.15) is 17.9 Å². The molecule has 1 N–H and O–H groups in total. The largest absolute Gasteiger partial charge is 0.496 e. The molecule has 1 aromatic carbocycles. The Balaban J connectivity index is 2.42. The molecule has 1 aliphatic heterocycles. The third-order valence-electron chi connectivity index (χ3n) is 2.66. The Morgan fingerprint density at radius 1 is 1.44 bits per heavy atom. The first-order valence-electron chi connectivity index (χ1n) is 4.91. The molecule has 1 heterocycles. The number of ether oxygens (including phenoxy) is 1. The molecular formula is C11H11F2NO2. The van der Waals surface area contributed by atoms with Crippen LogP contribution in [0.5, 0.6) is 5.75 Å². The maximum atomic E-state index is 13.6. The minimum atomic E-state index is -0.685. The normalized spacial score (nSPS) is 19.7. The fourth-order valence-electron chi connectivity index (χ4n) is 1.94. The van der Waals surface area contributed by atoms with Crippen molar-refractivity contribution in [1.29, 1.82) is 0 Å². The maximum absolute atomic E-state index is 13.6. The zero-order chi connectivity index (χ0) is 11.7. The van der Waals surface area contributed by atoms with E-state index in [1.165, 1.54) is 7.11 Å². The van der Waals surface area contributed by atoms with Gasteiger partial charge in [-0.05, 0) is 0 Å². The van der Waals surface area contributed by atoms with Crippen LogP contribution in [-0.2, 0) is 4.79 Å². The molecule has 0 aromatic heterocycles. The first-order chi connectivity index (χ1) is 7.61. The van der Waals surface area contributed by atoms with Gasteiger partial charge in [-0.2, -0.15) is 0 Å². The first kappa shape index (κ1) is 10.9. The van der Waals surface area contributed by atoms with E-state index in [4.69, 9.17) is 4.74 Å². The van der Waals surface area contributed by atoms with E-state index in [0.717, 1.165) is 12.1 Å². The smallest absolute Gasteiger partial charge is 0.220 e. The Bertz CT molecular complexity index is 434. The molecule has 3 nitrogen and oxygen atoms in total. The average Bonchev–Trinajstić information content (AvgIpc) is 2.63. The summed E-state index contributed by atoms with van der Waals surface area (Å²) in [6, 6.07) is 1.93. The van der Waals surface area contributed by atoms with Crippen molar-refractivity contribution < 1.29 is 18.3 Å². The predicted molar refractivity (Wildman–Crippen MR) is 53.3 cm³/mol. The summed E-state index contributed by atoms with van der Waals surface area (Å²) in [5.41, 5.74) is 0.266. The fraction of sp³-hybridized carbons (Fsp3) is 0.364. The van der Waals surface area contributed by atoms with Crippen LogP contribution in [0, 0.1) is 11.6 Å². The van der Waals surface area contributed by atoms with E-state index >= 15 is 0 Å². The Kier molecular flexibility index (Phi) is 2.77. The van der Waals surface area contributed by atoms with Crippen molar-refractivity contribution in [3.63, 3.8) is 0 Å². The molecule has 0 aliphatic carbocycles. The van der Waals surface area contributed by atoms with Crippen molar-refractivity contribution in [3.05, 3.63) is 29.3 Å². The summed E-state index contributed by atoms with van der Waals surface area (Å²) in [6.07, 6.45) is 0.207. The Morgan fingerprint density at radius 3 is 2.75 bits per heavy atom. The second kappa shape index (κ2) is 4.08. The van der Waals surface area contributed by atoms with Gasteiger partial charge in [-0.1, -0.05) is 0 Å². The van der Waals surface area contributed by atoms with Crippen molar-refractivity contribution in [2.45, 2.75) is 12.3 Å². The zero-order valence-corrected chi connectivity index (χ0v) is 8.72. The molecule has 1 amide bonds. The lowest BCUT2D eigenvalue weighted by molar-refractivity contribution is -0.119. The van der Waals surface area contributed by atoms with Gasteiger partial charge in [-0.15, -0.1) is 0 Å². The number of hydrogen-bond acceptors (Lipinski definition) is 2. The second-order valence-corrected chi connectivity index (χ2v) is 3.71. The highest BCUT2D eigenvalue weighted by molar-refractivity contribution is 5.79. The number of halogens is 2. The van der Waals surface area contributed by atoms with Gasteiger partial charge in [-0.25, -0.2) is 8.78 Å².